The van der Waals surface area contributed by atoms with Gasteiger partial charge in [-0.15, -0.1) is 0 Å². The van der Waals surface area contributed by atoms with Crippen molar-refractivity contribution >= 4 is 11.0 Å². The molecule has 2 heterocycles. The van der Waals surface area contributed by atoms with E-state index < -0.39 is 0 Å². The van der Waals surface area contributed by atoms with Crippen molar-refractivity contribution in [3.05, 3.63) is 30.6 Å². The Balaban J connectivity index is 1.63. The van der Waals surface area contributed by atoms with Crippen LogP contribution in [0.5, 0.6) is 0 Å². The number of fused-ring (bicyclic) bond motifs is 1. The second-order valence-electron chi connectivity index (χ2n) is 6.67. The van der Waals surface area contributed by atoms with Crippen LogP contribution in [0.15, 0.2) is 30.6 Å². The zero-order valence-electron chi connectivity index (χ0n) is 11.4. The Morgan fingerprint density at radius 2 is 2.16 bits per heavy atom. The molecule has 3 heteroatoms. The lowest BCUT2D eigenvalue weighted by Gasteiger charge is -2.37. The molecule has 0 unspecified atom stereocenters. The molecular formula is C16H20N2O. The summed E-state index contributed by atoms with van der Waals surface area (Å²) in [5, 5.41) is 0. The molecule has 1 saturated heterocycles. The Labute approximate surface area is 113 Å². The van der Waals surface area contributed by atoms with E-state index in [-0.39, 0.29) is 5.60 Å². The molecule has 1 spiro atoms. The summed E-state index contributed by atoms with van der Waals surface area (Å²) in [6, 6.07) is 8.39. The summed E-state index contributed by atoms with van der Waals surface area (Å²) in [4.78, 5) is 4.50. The maximum atomic E-state index is 5.71. The first-order valence-corrected chi connectivity index (χ1v) is 7.22. The van der Waals surface area contributed by atoms with Gasteiger partial charge in [-0.2, -0.15) is 0 Å². The summed E-state index contributed by atoms with van der Waals surface area (Å²) in [5.74, 6) is 0. The van der Waals surface area contributed by atoms with E-state index >= 15 is 0 Å². The topological polar surface area (TPSA) is 30.4 Å². The average molecular weight is 256 g/mol. The highest BCUT2D eigenvalue weighted by atomic mass is 16.6. The summed E-state index contributed by atoms with van der Waals surface area (Å²) in [5.41, 5.74) is 2.93. The monoisotopic (exact) mass is 256 g/mol. The van der Waals surface area contributed by atoms with Crippen molar-refractivity contribution in [3.8, 4) is 0 Å². The van der Waals surface area contributed by atoms with E-state index in [1.54, 1.807) is 0 Å². The van der Waals surface area contributed by atoms with Crippen LogP contribution in [0.4, 0.5) is 0 Å². The smallest absolute Gasteiger partial charge is 0.0958 e. The van der Waals surface area contributed by atoms with E-state index in [1.807, 2.05) is 6.33 Å². The molecule has 3 nitrogen and oxygen atoms in total. The van der Waals surface area contributed by atoms with Crippen molar-refractivity contribution in [1.29, 1.82) is 0 Å². The number of hydrogen-bond acceptors (Lipinski definition) is 2. The van der Waals surface area contributed by atoms with Gasteiger partial charge in [0.2, 0.25) is 0 Å². The normalized spacial score (nSPS) is 33.9. The third kappa shape index (κ3) is 1.96. The Bertz CT molecular complexity index is 614. The van der Waals surface area contributed by atoms with Crippen LogP contribution < -0.4 is 0 Å². The molecular weight excluding hydrogens is 236 g/mol. The van der Waals surface area contributed by atoms with Gasteiger partial charge in [0.25, 0.3) is 0 Å². The minimum absolute atomic E-state index is 0.239. The molecule has 2 aliphatic rings. The van der Waals surface area contributed by atoms with Crippen molar-refractivity contribution < 1.29 is 4.74 Å². The number of rotatable bonds is 2. The minimum Gasteiger partial charge on any atom is -0.370 e. The number of imidazole rings is 1. The lowest BCUT2D eigenvalue weighted by molar-refractivity contribution is 0.103. The van der Waals surface area contributed by atoms with E-state index in [9.17, 15) is 0 Å². The fourth-order valence-electron chi connectivity index (χ4n) is 3.82. The van der Waals surface area contributed by atoms with Gasteiger partial charge in [0, 0.05) is 6.54 Å². The van der Waals surface area contributed by atoms with Crippen molar-refractivity contribution in [1.82, 2.24) is 9.55 Å². The maximum Gasteiger partial charge on any atom is 0.0958 e. The standard InChI is InChI=1S/C16H20N2O/c1-15(7-4-8-16(9-15)11-19-16)10-18-12-17-13-5-2-3-6-14(13)18/h2-3,5-6,12H,4,7-11H2,1H3/t15-,16-/m0/s1. The van der Waals surface area contributed by atoms with Gasteiger partial charge in [-0.05, 0) is 43.2 Å². The summed E-state index contributed by atoms with van der Waals surface area (Å²) < 4.78 is 8.03. The van der Waals surface area contributed by atoms with Crippen molar-refractivity contribution in [3.63, 3.8) is 0 Å². The van der Waals surface area contributed by atoms with Gasteiger partial charge >= 0.3 is 0 Å². The highest BCUT2D eigenvalue weighted by Crippen LogP contribution is 2.50. The summed E-state index contributed by atoms with van der Waals surface area (Å²) in [7, 11) is 0. The largest absolute Gasteiger partial charge is 0.370 e. The van der Waals surface area contributed by atoms with Crippen molar-refractivity contribution in [2.45, 2.75) is 44.8 Å². The van der Waals surface area contributed by atoms with Gasteiger partial charge in [0.05, 0.1) is 29.6 Å². The van der Waals surface area contributed by atoms with Crippen LogP contribution >= 0.6 is 0 Å². The Morgan fingerprint density at radius 1 is 1.32 bits per heavy atom. The highest BCUT2D eigenvalue weighted by Gasteiger charge is 2.51. The number of hydrogen-bond donors (Lipinski definition) is 0. The third-order valence-corrected chi connectivity index (χ3v) is 4.79. The molecule has 19 heavy (non-hydrogen) atoms. The molecule has 1 aromatic heterocycles. The number of ether oxygens (including phenoxy) is 1. The molecule has 0 N–H and O–H groups in total. The van der Waals surface area contributed by atoms with Crippen LogP contribution in [-0.4, -0.2) is 21.8 Å². The number of benzene rings is 1. The van der Waals surface area contributed by atoms with E-state index in [4.69, 9.17) is 4.74 Å². The minimum atomic E-state index is 0.239. The molecule has 2 fully saturated rings. The summed E-state index contributed by atoms with van der Waals surface area (Å²) >= 11 is 0. The summed E-state index contributed by atoms with van der Waals surface area (Å²) in [6.07, 6.45) is 7.04. The van der Waals surface area contributed by atoms with Gasteiger partial charge in [-0.25, -0.2) is 4.98 Å². The van der Waals surface area contributed by atoms with Crippen LogP contribution in [0.1, 0.15) is 32.6 Å². The van der Waals surface area contributed by atoms with E-state index in [0.29, 0.717) is 5.41 Å². The molecule has 100 valence electrons. The van der Waals surface area contributed by atoms with Gasteiger partial charge in [-0.3, -0.25) is 0 Å². The fourth-order valence-corrected chi connectivity index (χ4v) is 3.82. The average Bonchev–Trinajstić information content (AvgIpc) is 3.00. The second kappa shape index (κ2) is 3.83. The Morgan fingerprint density at radius 3 is 3.00 bits per heavy atom. The zero-order chi connectivity index (χ0) is 12.9. The summed E-state index contributed by atoms with van der Waals surface area (Å²) in [6.45, 7) is 4.44. The third-order valence-electron chi connectivity index (χ3n) is 4.79. The molecule has 2 atom stereocenters. The lowest BCUT2D eigenvalue weighted by atomic mass is 9.70. The van der Waals surface area contributed by atoms with Crippen LogP contribution in [0, 0.1) is 5.41 Å². The first-order chi connectivity index (χ1) is 9.18. The lowest BCUT2D eigenvalue weighted by Crippen LogP contribution is -2.34. The maximum absolute atomic E-state index is 5.71. The van der Waals surface area contributed by atoms with Crippen molar-refractivity contribution in [2.75, 3.05) is 6.61 Å². The number of para-hydroxylation sites is 2. The number of epoxide rings is 1. The van der Waals surface area contributed by atoms with Crippen molar-refractivity contribution in [2.24, 2.45) is 5.41 Å². The van der Waals surface area contributed by atoms with Gasteiger partial charge in [-0.1, -0.05) is 19.1 Å². The van der Waals surface area contributed by atoms with E-state index in [0.717, 1.165) is 18.7 Å². The SMILES string of the molecule is C[C@]1(Cn2cnc3ccccc32)CCC[C@@]2(CO2)C1. The zero-order valence-corrected chi connectivity index (χ0v) is 11.4. The molecule has 4 rings (SSSR count). The fraction of sp³-hybridized carbons (Fsp3) is 0.562. The Kier molecular flexibility index (Phi) is 2.31. The molecule has 1 saturated carbocycles. The van der Waals surface area contributed by atoms with Crippen LogP contribution in [0.25, 0.3) is 11.0 Å². The Hall–Kier alpha value is -1.35. The van der Waals surface area contributed by atoms with E-state index in [1.165, 1.54) is 31.2 Å². The quantitative estimate of drug-likeness (QED) is 0.771. The first-order valence-electron chi connectivity index (χ1n) is 7.22. The van der Waals surface area contributed by atoms with Crippen LogP contribution in [0.3, 0.4) is 0 Å². The van der Waals surface area contributed by atoms with Gasteiger partial charge in [0.15, 0.2) is 0 Å². The molecule has 0 amide bonds. The predicted molar refractivity (Wildman–Crippen MR) is 75.0 cm³/mol. The molecule has 1 aliphatic heterocycles. The molecule has 1 aliphatic carbocycles. The first kappa shape index (κ1) is 11.5. The van der Waals surface area contributed by atoms with Crippen LogP contribution in [0.2, 0.25) is 0 Å². The molecule has 0 bridgehead atoms. The van der Waals surface area contributed by atoms with Gasteiger partial charge < -0.3 is 9.30 Å². The molecule has 0 radical (unpaired) electrons. The molecule has 2 aromatic rings. The number of nitrogens with zero attached hydrogens (tertiary/aromatic N) is 2. The molecule has 1 aromatic carbocycles. The second-order valence-corrected chi connectivity index (χ2v) is 6.67. The highest BCUT2D eigenvalue weighted by molar-refractivity contribution is 5.74. The predicted octanol–water partition coefficient (Wildman–Crippen LogP) is 3.39. The van der Waals surface area contributed by atoms with E-state index in [2.05, 4.69) is 40.7 Å². The van der Waals surface area contributed by atoms with Gasteiger partial charge in [0.1, 0.15) is 0 Å². The number of aromatic nitrogens is 2. The van der Waals surface area contributed by atoms with Crippen LogP contribution in [-0.2, 0) is 11.3 Å².